The Bertz CT molecular complexity index is 641. The first-order chi connectivity index (χ1) is 11.8. The number of piperidine rings is 1. The zero-order valence-corrected chi connectivity index (χ0v) is 15.2. The van der Waals surface area contributed by atoms with Crippen molar-refractivity contribution in [1.29, 1.82) is 0 Å². The van der Waals surface area contributed by atoms with Crippen molar-refractivity contribution in [3.8, 4) is 0 Å². The summed E-state index contributed by atoms with van der Waals surface area (Å²) in [6.45, 7) is 2.64. The molecule has 2 heterocycles. The summed E-state index contributed by atoms with van der Waals surface area (Å²) in [5, 5.41) is 12.4. The molecule has 2 aromatic rings. The average Bonchev–Trinajstić information content (AvgIpc) is 3.09. The summed E-state index contributed by atoms with van der Waals surface area (Å²) in [7, 11) is 0. The van der Waals surface area contributed by atoms with Crippen molar-refractivity contribution < 1.29 is 4.79 Å². The molecule has 1 N–H and O–H groups in total. The highest BCUT2D eigenvalue weighted by atomic mass is 32.2. The summed E-state index contributed by atoms with van der Waals surface area (Å²) in [5.74, 6) is 0.673. The third-order valence-electron chi connectivity index (χ3n) is 3.97. The van der Waals surface area contributed by atoms with Crippen molar-refractivity contribution in [1.82, 2.24) is 15.1 Å². The molecule has 3 rings (SSSR count). The molecule has 1 saturated heterocycles. The number of rotatable bonds is 7. The number of aromatic nitrogens is 2. The van der Waals surface area contributed by atoms with E-state index in [0.717, 1.165) is 48.4 Å². The lowest BCUT2D eigenvalue weighted by Gasteiger charge is -2.26. The maximum absolute atomic E-state index is 12.2. The van der Waals surface area contributed by atoms with E-state index in [4.69, 9.17) is 0 Å². The van der Waals surface area contributed by atoms with Crippen molar-refractivity contribution in [3.63, 3.8) is 0 Å². The maximum Gasteiger partial charge on any atom is 0.233 e. The molecule has 0 bridgehead atoms. The first kappa shape index (κ1) is 17.2. The van der Waals surface area contributed by atoms with Gasteiger partial charge in [-0.2, -0.15) is 0 Å². The molecule has 1 aliphatic rings. The van der Waals surface area contributed by atoms with Gasteiger partial charge in [0.1, 0.15) is 0 Å². The molecule has 0 unspecified atom stereocenters. The molecular formula is C17H22N4OS2. The van der Waals surface area contributed by atoms with Gasteiger partial charge in [0.05, 0.1) is 5.75 Å². The van der Waals surface area contributed by atoms with Crippen LogP contribution in [0.4, 0.5) is 5.13 Å². The molecule has 0 aliphatic carbocycles. The van der Waals surface area contributed by atoms with Crippen LogP contribution >= 0.6 is 23.1 Å². The first-order valence-electron chi connectivity index (χ1n) is 8.33. The van der Waals surface area contributed by atoms with Gasteiger partial charge in [0.15, 0.2) is 4.34 Å². The summed E-state index contributed by atoms with van der Waals surface area (Å²) in [5.41, 5.74) is 1.30. The van der Waals surface area contributed by atoms with Crippen LogP contribution in [0.15, 0.2) is 34.7 Å². The van der Waals surface area contributed by atoms with Crippen molar-refractivity contribution in [2.75, 3.05) is 30.7 Å². The van der Waals surface area contributed by atoms with Gasteiger partial charge in [0, 0.05) is 19.6 Å². The maximum atomic E-state index is 12.2. The lowest BCUT2D eigenvalue weighted by Crippen LogP contribution is -2.36. The fraction of sp³-hybridized carbons (Fsp3) is 0.471. The molecular weight excluding hydrogens is 340 g/mol. The van der Waals surface area contributed by atoms with E-state index in [-0.39, 0.29) is 5.91 Å². The molecule has 128 valence electrons. The molecule has 1 aromatic heterocycles. The summed E-state index contributed by atoms with van der Waals surface area (Å²) < 4.78 is 0.850. The summed E-state index contributed by atoms with van der Waals surface area (Å²) in [6, 6.07) is 10.4. The van der Waals surface area contributed by atoms with Crippen molar-refractivity contribution in [2.45, 2.75) is 30.0 Å². The van der Waals surface area contributed by atoms with Gasteiger partial charge in [0.2, 0.25) is 11.0 Å². The fourth-order valence-corrected chi connectivity index (χ4v) is 4.34. The number of carbonyl (C=O) groups excluding carboxylic acids is 1. The van der Waals surface area contributed by atoms with Gasteiger partial charge in [-0.3, -0.25) is 4.79 Å². The van der Waals surface area contributed by atoms with Crippen LogP contribution in [0.2, 0.25) is 0 Å². The minimum Gasteiger partial charge on any atom is -0.360 e. The van der Waals surface area contributed by atoms with Gasteiger partial charge in [-0.1, -0.05) is 53.4 Å². The van der Waals surface area contributed by atoms with Crippen LogP contribution in [0.1, 0.15) is 24.8 Å². The molecule has 1 amide bonds. The largest absolute Gasteiger partial charge is 0.360 e. The number of nitrogens with one attached hydrogen (secondary N) is 1. The number of amides is 1. The highest BCUT2D eigenvalue weighted by molar-refractivity contribution is 8.01. The van der Waals surface area contributed by atoms with E-state index >= 15 is 0 Å². The van der Waals surface area contributed by atoms with E-state index in [9.17, 15) is 4.79 Å². The van der Waals surface area contributed by atoms with Crippen LogP contribution in [0, 0.1) is 0 Å². The van der Waals surface area contributed by atoms with E-state index in [1.807, 2.05) is 23.1 Å². The Balaban J connectivity index is 1.39. The van der Waals surface area contributed by atoms with Crippen molar-refractivity contribution >= 4 is 34.1 Å². The highest BCUT2D eigenvalue weighted by Gasteiger charge is 2.17. The average molecular weight is 363 g/mol. The van der Waals surface area contributed by atoms with Crippen LogP contribution in [-0.4, -0.2) is 46.4 Å². The second kappa shape index (κ2) is 9.03. The number of thioether (sulfide) groups is 1. The van der Waals surface area contributed by atoms with Crippen LogP contribution in [-0.2, 0) is 11.2 Å². The number of hydrogen-bond acceptors (Lipinski definition) is 6. The Morgan fingerprint density at radius 3 is 2.75 bits per heavy atom. The highest BCUT2D eigenvalue weighted by Crippen LogP contribution is 2.26. The number of benzene rings is 1. The van der Waals surface area contributed by atoms with Gasteiger partial charge >= 0.3 is 0 Å². The lowest BCUT2D eigenvalue weighted by molar-refractivity contribution is -0.129. The molecule has 0 atom stereocenters. The molecule has 1 fully saturated rings. The summed E-state index contributed by atoms with van der Waals surface area (Å²) in [6.07, 6.45) is 4.46. The van der Waals surface area contributed by atoms with Crippen LogP contribution < -0.4 is 5.32 Å². The first-order valence-corrected chi connectivity index (χ1v) is 10.1. The van der Waals surface area contributed by atoms with Gasteiger partial charge in [0.25, 0.3) is 0 Å². The van der Waals surface area contributed by atoms with Gasteiger partial charge in [-0.05, 0) is 31.2 Å². The Hall–Kier alpha value is -1.60. The van der Waals surface area contributed by atoms with Gasteiger partial charge in [-0.25, -0.2) is 0 Å². The predicted octanol–water partition coefficient (Wildman–Crippen LogP) is 3.30. The van der Waals surface area contributed by atoms with Gasteiger partial charge < -0.3 is 10.2 Å². The monoisotopic (exact) mass is 362 g/mol. The molecule has 0 spiro atoms. The topological polar surface area (TPSA) is 58.1 Å². The van der Waals surface area contributed by atoms with E-state index in [0.29, 0.717) is 5.75 Å². The molecule has 1 aliphatic heterocycles. The number of likely N-dealkylation sites (tertiary alicyclic amines) is 1. The Morgan fingerprint density at radius 1 is 1.17 bits per heavy atom. The number of nitrogens with zero attached hydrogens (tertiary/aromatic N) is 3. The van der Waals surface area contributed by atoms with E-state index in [1.165, 1.54) is 35.1 Å². The fourth-order valence-electron chi connectivity index (χ4n) is 2.66. The quantitative estimate of drug-likeness (QED) is 0.766. The van der Waals surface area contributed by atoms with Crippen LogP contribution in [0.3, 0.4) is 0 Å². The molecule has 5 nitrogen and oxygen atoms in total. The minimum atomic E-state index is 0.216. The summed E-state index contributed by atoms with van der Waals surface area (Å²) in [4.78, 5) is 14.1. The third-order valence-corrected chi connectivity index (χ3v) is 5.97. The number of hydrogen-bond donors (Lipinski definition) is 1. The van der Waals surface area contributed by atoms with Crippen molar-refractivity contribution in [2.24, 2.45) is 0 Å². The second-order valence-electron chi connectivity index (χ2n) is 5.77. The lowest BCUT2D eigenvalue weighted by atomic mass is 10.1. The number of carbonyl (C=O) groups is 1. The van der Waals surface area contributed by atoms with Crippen LogP contribution in [0.5, 0.6) is 0 Å². The third kappa shape index (κ3) is 5.21. The van der Waals surface area contributed by atoms with E-state index < -0.39 is 0 Å². The second-order valence-corrected chi connectivity index (χ2v) is 7.97. The van der Waals surface area contributed by atoms with Gasteiger partial charge in [-0.15, -0.1) is 10.2 Å². The summed E-state index contributed by atoms with van der Waals surface area (Å²) >= 11 is 3.00. The molecule has 0 saturated carbocycles. The minimum absolute atomic E-state index is 0.216. The normalized spacial score (nSPS) is 14.6. The molecule has 7 heteroatoms. The smallest absolute Gasteiger partial charge is 0.233 e. The molecule has 24 heavy (non-hydrogen) atoms. The zero-order valence-electron chi connectivity index (χ0n) is 13.6. The predicted molar refractivity (Wildman–Crippen MR) is 99.7 cm³/mol. The Kier molecular flexibility index (Phi) is 6.48. The van der Waals surface area contributed by atoms with E-state index in [2.05, 4.69) is 27.6 Å². The number of anilines is 1. The standard InChI is InChI=1S/C17H22N4OS2/c22-15(21-11-5-2-6-12-21)13-23-17-20-19-16(24-17)18-10-9-14-7-3-1-4-8-14/h1,3-4,7-8H,2,5-6,9-13H2,(H,18,19). The van der Waals surface area contributed by atoms with Crippen molar-refractivity contribution in [3.05, 3.63) is 35.9 Å². The Morgan fingerprint density at radius 2 is 1.96 bits per heavy atom. The Labute approximate surface area is 150 Å². The SMILES string of the molecule is O=C(CSc1nnc(NCCc2ccccc2)s1)N1CCCCC1. The zero-order chi connectivity index (χ0) is 16.6. The van der Waals surface area contributed by atoms with Crippen LogP contribution in [0.25, 0.3) is 0 Å². The molecule has 0 radical (unpaired) electrons. The van der Waals surface area contributed by atoms with E-state index in [1.54, 1.807) is 0 Å². The molecule has 1 aromatic carbocycles.